The van der Waals surface area contributed by atoms with Crippen molar-refractivity contribution in [3.05, 3.63) is 28.2 Å². The molecule has 1 aromatic carbocycles. The van der Waals surface area contributed by atoms with Gasteiger partial charge in [-0.15, -0.1) is 0 Å². The quantitative estimate of drug-likeness (QED) is 0.865. The number of benzene rings is 1. The van der Waals surface area contributed by atoms with Crippen molar-refractivity contribution in [1.82, 2.24) is 0 Å². The van der Waals surface area contributed by atoms with Gasteiger partial charge in [0, 0.05) is 9.89 Å². The molecule has 0 aromatic heterocycles. The minimum Gasteiger partial charge on any atom is -0.504 e. The van der Waals surface area contributed by atoms with E-state index >= 15 is 0 Å². The maximum atomic E-state index is 11.8. The standard InChI is InChI=1S/C14H15BrO3/c1-14(5-6-14)13(17)4-3-9-7-11(16)12(18-2)8-10(9)15/h3-4,7-8,16H,5-6H2,1-2H3/b4-3+. The van der Waals surface area contributed by atoms with Crippen molar-refractivity contribution in [3.63, 3.8) is 0 Å². The van der Waals surface area contributed by atoms with Crippen LogP contribution in [0.2, 0.25) is 0 Å². The Morgan fingerprint density at radius 2 is 2.17 bits per heavy atom. The van der Waals surface area contributed by atoms with Gasteiger partial charge in [0.05, 0.1) is 7.11 Å². The van der Waals surface area contributed by atoms with Gasteiger partial charge in [-0.05, 0) is 36.6 Å². The molecule has 0 saturated heterocycles. The summed E-state index contributed by atoms with van der Waals surface area (Å²) in [6, 6.07) is 3.25. The van der Waals surface area contributed by atoms with Crippen LogP contribution in [0.25, 0.3) is 6.08 Å². The van der Waals surface area contributed by atoms with Crippen molar-refractivity contribution in [2.75, 3.05) is 7.11 Å². The summed E-state index contributed by atoms with van der Waals surface area (Å²) in [6.07, 6.45) is 5.23. The predicted octanol–water partition coefficient (Wildman–Crippen LogP) is 3.55. The fourth-order valence-corrected chi connectivity index (χ4v) is 2.11. The molecule has 18 heavy (non-hydrogen) atoms. The highest BCUT2D eigenvalue weighted by Gasteiger charge is 2.43. The van der Waals surface area contributed by atoms with Crippen LogP contribution < -0.4 is 4.74 Å². The van der Waals surface area contributed by atoms with Gasteiger partial charge in [-0.25, -0.2) is 0 Å². The molecule has 1 fully saturated rings. The molecule has 0 unspecified atom stereocenters. The molecule has 0 spiro atoms. The molecule has 96 valence electrons. The number of halogens is 1. The van der Waals surface area contributed by atoms with Crippen LogP contribution in [-0.4, -0.2) is 18.0 Å². The summed E-state index contributed by atoms with van der Waals surface area (Å²) in [5.74, 6) is 0.606. The van der Waals surface area contributed by atoms with E-state index in [0.717, 1.165) is 22.9 Å². The Morgan fingerprint density at radius 3 is 2.72 bits per heavy atom. The van der Waals surface area contributed by atoms with Crippen LogP contribution in [-0.2, 0) is 4.79 Å². The normalized spacial score (nSPS) is 16.8. The highest BCUT2D eigenvalue weighted by molar-refractivity contribution is 9.10. The third-order valence-electron chi connectivity index (χ3n) is 3.31. The number of ketones is 1. The zero-order chi connectivity index (χ0) is 13.3. The SMILES string of the molecule is COc1cc(Br)c(/C=C/C(=O)C2(C)CC2)cc1O. The molecule has 2 rings (SSSR count). The summed E-state index contributed by atoms with van der Waals surface area (Å²) in [4.78, 5) is 11.8. The van der Waals surface area contributed by atoms with Gasteiger partial charge in [0.15, 0.2) is 17.3 Å². The van der Waals surface area contributed by atoms with Crippen LogP contribution in [0.15, 0.2) is 22.7 Å². The third kappa shape index (κ3) is 2.58. The van der Waals surface area contributed by atoms with Crippen LogP contribution in [0.5, 0.6) is 11.5 Å². The molecular weight excluding hydrogens is 296 g/mol. The van der Waals surface area contributed by atoms with E-state index in [2.05, 4.69) is 15.9 Å². The number of hydrogen-bond donors (Lipinski definition) is 1. The second kappa shape index (κ2) is 4.76. The lowest BCUT2D eigenvalue weighted by atomic mass is 10.0. The Morgan fingerprint density at radius 1 is 1.50 bits per heavy atom. The van der Waals surface area contributed by atoms with Gasteiger partial charge in [-0.3, -0.25) is 4.79 Å². The Balaban J connectivity index is 2.21. The highest BCUT2D eigenvalue weighted by atomic mass is 79.9. The molecule has 0 heterocycles. The van der Waals surface area contributed by atoms with Gasteiger partial charge < -0.3 is 9.84 Å². The number of ether oxygens (including phenoxy) is 1. The molecule has 1 aromatic rings. The van der Waals surface area contributed by atoms with E-state index in [1.165, 1.54) is 7.11 Å². The first-order valence-electron chi connectivity index (χ1n) is 5.75. The van der Waals surface area contributed by atoms with Crippen molar-refractivity contribution in [2.45, 2.75) is 19.8 Å². The Hall–Kier alpha value is -1.29. The van der Waals surface area contributed by atoms with Crippen molar-refractivity contribution >= 4 is 27.8 Å². The summed E-state index contributed by atoms with van der Waals surface area (Å²) in [6.45, 7) is 1.97. The van der Waals surface area contributed by atoms with Crippen molar-refractivity contribution in [2.24, 2.45) is 5.41 Å². The summed E-state index contributed by atoms with van der Waals surface area (Å²) in [5.41, 5.74) is 0.600. The lowest BCUT2D eigenvalue weighted by Crippen LogP contribution is -2.07. The van der Waals surface area contributed by atoms with Crippen molar-refractivity contribution < 1.29 is 14.6 Å². The molecular formula is C14H15BrO3. The molecule has 1 N–H and O–H groups in total. The molecule has 1 saturated carbocycles. The van der Waals surface area contributed by atoms with Crippen LogP contribution in [0, 0.1) is 5.41 Å². The van der Waals surface area contributed by atoms with Gasteiger partial charge in [0.2, 0.25) is 0 Å². The number of rotatable bonds is 4. The van der Waals surface area contributed by atoms with Crippen LogP contribution in [0.1, 0.15) is 25.3 Å². The maximum absolute atomic E-state index is 11.8. The second-order valence-corrected chi connectivity index (χ2v) is 5.66. The van der Waals surface area contributed by atoms with E-state index in [1.54, 1.807) is 24.3 Å². The fraction of sp³-hybridized carbons (Fsp3) is 0.357. The van der Waals surface area contributed by atoms with Gasteiger partial charge in [-0.2, -0.15) is 0 Å². The van der Waals surface area contributed by atoms with Gasteiger partial charge >= 0.3 is 0 Å². The predicted molar refractivity (Wildman–Crippen MR) is 73.7 cm³/mol. The summed E-state index contributed by atoms with van der Waals surface area (Å²) in [5, 5.41) is 9.69. The number of carbonyl (C=O) groups is 1. The number of allylic oxidation sites excluding steroid dienone is 1. The van der Waals surface area contributed by atoms with Gasteiger partial charge in [0.1, 0.15) is 0 Å². The van der Waals surface area contributed by atoms with Crippen LogP contribution in [0.4, 0.5) is 0 Å². The van der Waals surface area contributed by atoms with Crippen LogP contribution in [0.3, 0.4) is 0 Å². The maximum Gasteiger partial charge on any atom is 0.161 e. The Kier molecular flexibility index (Phi) is 3.48. The fourth-order valence-electron chi connectivity index (χ4n) is 1.65. The number of methoxy groups -OCH3 is 1. The molecule has 0 aliphatic heterocycles. The zero-order valence-electron chi connectivity index (χ0n) is 10.4. The van der Waals surface area contributed by atoms with Gasteiger partial charge in [0.25, 0.3) is 0 Å². The molecule has 0 radical (unpaired) electrons. The van der Waals surface area contributed by atoms with Crippen molar-refractivity contribution in [1.29, 1.82) is 0 Å². The average Bonchev–Trinajstić information content (AvgIpc) is 3.08. The lowest BCUT2D eigenvalue weighted by Gasteiger charge is -2.06. The summed E-state index contributed by atoms with van der Waals surface area (Å²) >= 11 is 3.38. The first-order chi connectivity index (χ1) is 8.46. The molecule has 1 aliphatic rings. The van der Waals surface area contributed by atoms with E-state index in [-0.39, 0.29) is 16.9 Å². The average molecular weight is 311 g/mol. The molecule has 0 atom stereocenters. The summed E-state index contributed by atoms with van der Waals surface area (Å²) in [7, 11) is 1.49. The van der Waals surface area contributed by atoms with E-state index in [0.29, 0.717) is 5.75 Å². The van der Waals surface area contributed by atoms with Crippen molar-refractivity contribution in [3.8, 4) is 11.5 Å². The minimum atomic E-state index is -0.155. The molecule has 1 aliphatic carbocycles. The van der Waals surface area contributed by atoms with Gasteiger partial charge in [-0.1, -0.05) is 28.9 Å². The Labute approximate surface area is 115 Å². The third-order valence-corrected chi connectivity index (χ3v) is 3.99. The topological polar surface area (TPSA) is 46.5 Å². The largest absolute Gasteiger partial charge is 0.504 e. The minimum absolute atomic E-state index is 0.0606. The molecule has 3 nitrogen and oxygen atoms in total. The highest BCUT2D eigenvalue weighted by Crippen LogP contribution is 2.46. The number of phenolic OH excluding ortho intramolecular Hbond substituents is 1. The van der Waals surface area contributed by atoms with E-state index in [9.17, 15) is 9.90 Å². The monoisotopic (exact) mass is 310 g/mol. The smallest absolute Gasteiger partial charge is 0.161 e. The Bertz CT molecular complexity index is 516. The summed E-state index contributed by atoms with van der Waals surface area (Å²) < 4.78 is 5.78. The molecule has 0 bridgehead atoms. The first-order valence-corrected chi connectivity index (χ1v) is 6.54. The van der Waals surface area contributed by atoms with E-state index in [4.69, 9.17) is 4.74 Å². The zero-order valence-corrected chi connectivity index (χ0v) is 12.0. The number of hydrogen-bond acceptors (Lipinski definition) is 3. The number of phenols is 1. The molecule has 0 amide bonds. The second-order valence-electron chi connectivity index (χ2n) is 4.80. The first kappa shape index (κ1) is 13.1. The van der Waals surface area contributed by atoms with E-state index < -0.39 is 0 Å². The number of carbonyl (C=O) groups excluding carboxylic acids is 1. The molecule has 4 heteroatoms. The number of aromatic hydroxyl groups is 1. The van der Waals surface area contributed by atoms with E-state index in [1.807, 2.05) is 6.92 Å². The van der Waals surface area contributed by atoms with Crippen LogP contribution >= 0.6 is 15.9 Å². The lowest BCUT2D eigenvalue weighted by molar-refractivity contribution is -0.118.